The molecular weight excluding hydrogens is 645 g/mol. The van der Waals surface area contributed by atoms with Crippen LogP contribution in [0.4, 0.5) is 4.39 Å². The molecule has 2 aromatic carbocycles. The number of ether oxygens (including phenoxy) is 2. The largest absolute Gasteiger partial charge is 0.494 e. The maximum atomic E-state index is 16.3. The minimum Gasteiger partial charge on any atom is -0.494 e. The Morgan fingerprint density at radius 2 is 1.69 bits per heavy atom. The van der Waals surface area contributed by atoms with Crippen LogP contribution in [-0.2, 0) is 10.0 Å². The van der Waals surface area contributed by atoms with E-state index >= 15 is 4.39 Å². The molecule has 2 aliphatic carbocycles. The molecule has 11 heteroatoms. The lowest BCUT2D eigenvalue weighted by Crippen LogP contribution is -2.47. The second-order valence-electron chi connectivity index (χ2n) is 13.0. The number of halogens is 1. The van der Waals surface area contributed by atoms with Crippen LogP contribution in [0.1, 0.15) is 60.9 Å². The maximum Gasteiger partial charge on any atom is 0.273 e. The summed E-state index contributed by atoms with van der Waals surface area (Å²) in [7, 11) is -3.12. The minimum absolute atomic E-state index is 0.0378. The van der Waals surface area contributed by atoms with Crippen molar-refractivity contribution >= 4 is 26.5 Å². The number of nitrogens with one attached hydrogen (secondary N) is 1. The molecule has 252 valence electrons. The molecular formula is C38H36FN3O6S. The smallest absolute Gasteiger partial charge is 0.273 e. The molecule has 0 aliphatic heterocycles. The molecule has 3 aromatic heterocycles. The van der Waals surface area contributed by atoms with E-state index in [4.69, 9.17) is 9.47 Å². The number of aryl methyl sites for hydroxylation is 2. The van der Waals surface area contributed by atoms with Crippen LogP contribution in [0, 0.1) is 19.7 Å². The fourth-order valence-electron chi connectivity index (χ4n) is 6.87. The molecule has 2 aliphatic rings. The lowest BCUT2D eigenvalue weighted by atomic mass is 9.75. The Bertz CT molecular complexity index is 2430. The van der Waals surface area contributed by atoms with Gasteiger partial charge in [0.25, 0.3) is 11.1 Å². The van der Waals surface area contributed by atoms with Gasteiger partial charge in [0, 0.05) is 46.9 Å². The molecule has 0 bridgehead atoms. The highest BCUT2D eigenvalue weighted by Crippen LogP contribution is 2.50. The van der Waals surface area contributed by atoms with Gasteiger partial charge in [0.1, 0.15) is 16.0 Å². The number of hydrogen-bond acceptors (Lipinski definition) is 6. The Morgan fingerprint density at radius 1 is 0.980 bits per heavy atom. The van der Waals surface area contributed by atoms with E-state index in [1.165, 1.54) is 44.6 Å². The zero-order valence-electron chi connectivity index (χ0n) is 27.8. The van der Waals surface area contributed by atoms with Crippen LogP contribution in [-0.4, -0.2) is 33.8 Å². The Kier molecular flexibility index (Phi) is 7.78. The van der Waals surface area contributed by atoms with Crippen LogP contribution in [0.3, 0.4) is 0 Å². The van der Waals surface area contributed by atoms with Gasteiger partial charge in [-0.15, -0.1) is 0 Å². The van der Waals surface area contributed by atoms with Gasteiger partial charge >= 0.3 is 0 Å². The lowest BCUT2D eigenvalue weighted by molar-refractivity contribution is 0.381. The van der Waals surface area contributed by atoms with Crippen LogP contribution < -0.4 is 20.6 Å². The first kappa shape index (κ1) is 32.4. The third-order valence-corrected chi connectivity index (χ3v) is 12.4. The van der Waals surface area contributed by atoms with Crippen LogP contribution in [0.5, 0.6) is 17.2 Å². The number of hydrogen-bond donors (Lipinski definition) is 1. The number of methoxy groups -OCH3 is 1. The molecule has 3 heterocycles. The Labute approximate surface area is 283 Å². The number of H-pyrrole nitrogens is 1. The van der Waals surface area contributed by atoms with E-state index in [1.54, 1.807) is 48.0 Å². The highest BCUT2D eigenvalue weighted by Gasteiger charge is 2.51. The van der Waals surface area contributed by atoms with E-state index in [0.29, 0.717) is 33.6 Å². The topological polar surface area (TPSA) is 112 Å². The predicted octanol–water partition coefficient (Wildman–Crippen LogP) is 7.15. The lowest BCUT2D eigenvalue weighted by Gasteiger charge is -2.40. The summed E-state index contributed by atoms with van der Waals surface area (Å²) in [5.74, 6) is -0.832. The quantitative estimate of drug-likeness (QED) is 0.186. The van der Waals surface area contributed by atoms with Crippen molar-refractivity contribution in [1.82, 2.24) is 13.5 Å². The number of fused-ring (bicyclic) bond motifs is 1. The van der Waals surface area contributed by atoms with Crippen molar-refractivity contribution in [2.45, 2.75) is 57.2 Å². The molecule has 0 amide bonds. The van der Waals surface area contributed by atoms with Crippen molar-refractivity contribution in [3.8, 4) is 17.2 Å². The number of para-hydroxylation sites is 1. The van der Waals surface area contributed by atoms with Crippen LogP contribution in [0.25, 0.3) is 16.5 Å². The fourth-order valence-corrected chi connectivity index (χ4v) is 8.91. The number of allylic oxidation sites excluding steroid dienone is 3. The average Bonchev–Trinajstić information content (AvgIpc) is 3.81. The van der Waals surface area contributed by atoms with E-state index in [9.17, 15) is 18.0 Å². The highest BCUT2D eigenvalue weighted by molar-refractivity contribution is 7.91. The van der Waals surface area contributed by atoms with E-state index < -0.39 is 32.1 Å². The molecule has 1 saturated carbocycles. The molecule has 0 spiro atoms. The van der Waals surface area contributed by atoms with Gasteiger partial charge < -0.3 is 19.0 Å². The minimum atomic E-state index is -4.46. The van der Waals surface area contributed by atoms with Gasteiger partial charge in [-0.25, -0.2) is 16.8 Å². The maximum absolute atomic E-state index is 16.3. The molecule has 2 atom stereocenters. The molecule has 1 fully saturated rings. The molecule has 0 saturated heterocycles. The van der Waals surface area contributed by atoms with Crippen molar-refractivity contribution in [2.75, 3.05) is 7.11 Å². The van der Waals surface area contributed by atoms with Gasteiger partial charge in [-0.1, -0.05) is 42.5 Å². The normalized spacial score (nSPS) is 19.4. The first-order valence-electron chi connectivity index (χ1n) is 16.0. The number of pyridine rings is 2. The van der Waals surface area contributed by atoms with Gasteiger partial charge in [0.2, 0.25) is 10.0 Å². The Balaban J connectivity index is 1.48. The summed E-state index contributed by atoms with van der Waals surface area (Å²) in [5.41, 5.74) is 2.36. The SMILES string of the molecule is COc1cccc(C2C=C(c3cc(=O)n(C4CC4)cc3Oc3c(C)cccc3C)C=C(C)C2(C)S(=O)(=O)n2ccc3cc[nH]c(=O)c32)c1F. The van der Waals surface area contributed by atoms with Crippen molar-refractivity contribution < 1.29 is 22.3 Å². The first-order valence-corrected chi connectivity index (χ1v) is 17.5. The number of nitrogens with zero attached hydrogens (tertiary/aromatic N) is 2. The van der Waals surface area contributed by atoms with E-state index in [1.807, 2.05) is 32.0 Å². The van der Waals surface area contributed by atoms with E-state index in [-0.39, 0.29) is 28.4 Å². The Hall–Kier alpha value is -5.16. The van der Waals surface area contributed by atoms with Crippen LogP contribution >= 0.6 is 0 Å². The summed E-state index contributed by atoms with van der Waals surface area (Å²) >= 11 is 0. The first-order chi connectivity index (χ1) is 23.4. The Morgan fingerprint density at radius 3 is 2.39 bits per heavy atom. The molecule has 5 aromatic rings. The summed E-state index contributed by atoms with van der Waals surface area (Å²) in [5, 5.41) is 0.443. The van der Waals surface area contributed by atoms with Crippen molar-refractivity contribution in [3.05, 3.63) is 140 Å². The number of benzene rings is 2. The van der Waals surface area contributed by atoms with Gasteiger partial charge in [0.05, 0.1) is 13.3 Å². The monoisotopic (exact) mass is 681 g/mol. The molecule has 2 unspecified atom stereocenters. The van der Waals surface area contributed by atoms with Crippen molar-refractivity contribution in [1.29, 1.82) is 0 Å². The van der Waals surface area contributed by atoms with Gasteiger partial charge in [0.15, 0.2) is 17.3 Å². The van der Waals surface area contributed by atoms with Crippen LogP contribution in [0.2, 0.25) is 0 Å². The molecule has 7 rings (SSSR count). The molecule has 1 N–H and O–H groups in total. The molecule has 9 nitrogen and oxygen atoms in total. The summed E-state index contributed by atoms with van der Waals surface area (Å²) in [6.45, 7) is 7.09. The van der Waals surface area contributed by atoms with Crippen molar-refractivity contribution in [2.24, 2.45) is 0 Å². The zero-order valence-corrected chi connectivity index (χ0v) is 28.6. The fraction of sp³-hybridized carbons (Fsp3) is 0.263. The van der Waals surface area contributed by atoms with Crippen molar-refractivity contribution in [3.63, 3.8) is 0 Å². The third kappa shape index (κ3) is 5.15. The van der Waals surface area contributed by atoms with Gasteiger partial charge in [-0.3, -0.25) is 9.59 Å². The average molecular weight is 682 g/mol. The third-order valence-electron chi connectivity index (χ3n) is 9.93. The van der Waals surface area contributed by atoms with Crippen LogP contribution in [0.15, 0.2) is 101 Å². The number of aromatic amines is 1. The summed E-state index contributed by atoms with van der Waals surface area (Å²) in [4.78, 5) is 29.0. The van der Waals surface area contributed by atoms with E-state index in [0.717, 1.165) is 27.9 Å². The van der Waals surface area contributed by atoms with E-state index in [2.05, 4.69) is 4.98 Å². The van der Waals surface area contributed by atoms with Gasteiger partial charge in [-0.2, -0.15) is 0 Å². The molecule has 0 radical (unpaired) electrons. The number of rotatable bonds is 8. The summed E-state index contributed by atoms with van der Waals surface area (Å²) < 4.78 is 58.8. The summed E-state index contributed by atoms with van der Waals surface area (Å²) in [6.07, 6.45) is 9.66. The molecule has 49 heavy (non-hydrogen) atoms. The zero-order chi connectivity index (χ0) is 34.8. The standard InChI is InChI=1S/C38H36FN3O6S/c1-22-8-6-9-23(2)36(22)48-32-21-41(27-12-13-27)33(43)20-29(32)26-18-24(3)38(4,30(19-26)28-10-7-11-31(47-5)34(28)39)49(45,46)42-17-15-25-14-16-40-37(44)35(25)42/h6-11,14-21,27,30H,12-13H2,1-5H3,(H,40,44). The summed E-state index contributed by atoms with van der Waals surface area (Å²) in [6, 6.07) is 15.2. The second-order valence-corrected chi connectivity index (χ2v) is 15.2. The number of aromatic nitrogens is 3. The van der Waals surface area contributed by atoms with Gasteiger partial charge in [-0.05, 0) is 81.0 Å². The highest BCUT2D eigenvalue weighted by atomic mass is 32.2. The second kappa shape index (κ2) is 11.8. The predicted molar refractivity (Wildman–Crippen MR) is 188 cm³/mol.